The summed E-state index contributed by atoms with van der Waals surface area (Å²) in [5.74, 6) is -0.635. The quantitative estimate of drug-likeness (QED) is 0.516. The normalized spacial score (nSPS) is 24.0. The third kappa shape index (κ3) is 5.65. The Bertz CT molecular complexity index is 1410. The number of ketones is 1. The van der Waals surface area contributed by atoms with Crippen LogP contribution in [0.25, 0.3) is 0 Å². The second-order valence-electron chi connectivity index (χ2n) is 10.6. The highest BCUT2D eigenvalue weighted by molar-refractivity contribution is 6.05. The van der Waals surface area contributed by atoms with Crippen LogP contribution in [0.5, 0.6) is 0 Å². The van der Waals surface area contributed by atoms with Crippen LogP contribution >= 0.6 is 24.8 Å². The van der Waals surface area contributed by atoms with Crippen molar-refractivity contribution >= 4 is 53.8 Å². The number of halogens is 2. The molecule has 2 aliphatic carbocycles. The molecule has 1 aromatic rings. The number of hydrogen-bond donors (Lipinski definition) is 2. The Kier molecular flexibility index (Phi) is 9.75. The van der Waals surface area contributed by atoms with Gasteiger partial charge in [0.15, 0.2) is 5.78 Å². The van der Waals surface area contributed by atoms with Gasteiger partial charge in [0, 0.05) is 36.1 Å². The topological polar surface area (TPSA) is 109 Å². The fourth-order valence-electron chi connectivity index (χ4n) is 5.64. The minimum absolute atomic E-state index is 0. The summed E-state index contributed by atoms with van der Waals surface area (Å²) < 4.78 is 0. The molecule has 218 valence electrons. The monoisotopic (exact) mass is 598 g/mol. The fraction of sp³-hybridized carbons (Fsp3) is 0.400. The highest BCUT2D eigenvalue weighted by atomic mass is 35.5. The molecule has 4 aliphatic rings. The van der Waals surface area contributed by atoms with Gasteiger partial charge in [-0.25, -0.2) is 0 Å². The molecule has 2 aliphatic heterocycles. The lowest BCUT2D eigenvalue weighted by Gasteiger charge is -2.43. The van der Waals surface area contributed by atoms with Crippen molar-refractivity contribution in [3.8, 4) is 6.07 Å². The number of anilines is 2. The Hall–Kier alpha value is -3.58. The molecular formula is C30H36Cl2N6O3. The Morgan fingerprint density at radius 3 is 2.39 bits per heavy atom. The van der Waals surface area contributed by atoms with Crippen LogP contribution < -0.4 is 20.4 Å². The lowest BCUT2D eigenvalue weighted by molar-refractivity contribution is -0.128. The molecule has 2 amide bonds. The molecule has 0 saturated heterocycles. The number of Topliss-reactive ketones (excluding diaryl/α,β-unsaturated/α-hetero) is 1. The number of benzene rings is 1. The zero-order valence-electron chi connectivity index (χ0n) is 23.7. The lowest BCUT2D eigenvalue weighted by Crippen LogP contribution is -2.58. The van der Waals surface area contributed by atoms with Gasteiger partial charge in [-0.05, 0) is 71.0 Å². The molecule has 0 aromatic heterocycles. The fourth-order valence-corrected chi connectivity index (χ4v) is 5.64. The Morgan fingerprint density at radius 1 is 1.15 bits per heavy atom. The summed E-state index contributed by atoms with van der Waals surface area (Å²) in [7, 11) is 3.41. The summed E-state index contributed by atoms with van der Waals surface area (Å²) in [6.07, 6.45) is 9.74. The molecule has 4 atom stereocenters. The van der Waals surface area contributed by atoms with Gasteiger partial charge in [0.25, 0.3) is 5.91 Å². The van der Waals surface area contributed by atoms with E-state index in [1.54, 1.807) is 32.0 Å². The van der Waals surface area contributed by atoms with E-state index in [1.165, 1.54) is 6.92 Å². The van der Waals surface area contributed by atoms with Gasteiger partial charge in [-0.15, -0.1) is 24.8 Å². The SMILES string of the molecule is CNC(C)C(=O)N[C@@H]1C(=O)N(C)c2ccccc2N(C2=C3C(C(C)=O)=CC(C#N)=C[C@@H]3N(C3CC3)C=C2)[C@H]1C.Cl.Cl. The van der Waals surface area contributed by atoms with Gasteiger partial charge in [-0.2, -0.15) is 5.26 Å². The zero-order chi connectivity index (χ0) is 28.0. The highest BCUT2D eigenvalue weighted by Gasteiger charge is 2.44. The number of likely N-dealkylation sites (N-methyl/N-ethyl adjacent to an activating group) is 2. The van der Waals surface area contributed by atoms with Gasteiger partial charge in [-0.3, -0.25) is 14.4 Å². The van der Waals surface area contributed by atoms with Crippen molar-refractivity contribution < 1.29 is 14.4 Å². The second-order valence-corrected chi connectivity index (χ2v) is 10.6. The van der Waals surface area contributed by atoms with Crippen LogP contribution in [-0.2, 0) is 14.4 Å². The number of carbonyl (C=O) groups is 3. The number of allylic oxidation sites excluding steroid dienone is 3. The van der Waals surface area contributed by atoms with Crippen LogP contribution in [0.2, 0.25) is 0 Å². The van der Waals surface area contributed by atoms with E-state index >= 15 is 0 Å². The first-order chi connectivity index (χ1) is 18.7. The third-order valence-electron chi connectivity index (χ3n) is 8.07. The zero-order valence-corrected chi connectivity index (χ0v) is 25.4. The first-order valence-corrected chi connectivity index (χ1v) is 13.4. The summed E-state index contributed by atoms with van der Waals surface area (Å²) in [4.78, 5) is 45.7. The third-order valence-corrected chi connectivity index (χ3v) is 8.07. The minimum Gasteiger partial charge on any atom is -0.364 e. The molecule has 41 heavy (non-hydrogen) atoms. The second kappa shape index (κ2) is 12.5. The van der Waals surface area contributed by atoms with Crippen molar-refractivity contribution in [3.63, 3.8) is 0 Å². The summed E-state index contributed by atoms with van der Waals surface area (Å²) in [5, 5.41) is 15.7. The van der Waals surface area contributed by atoms with Crippen LogP contribution in [0.15, 0.2) is 71.1 Å². The smallest absolute Gasteiger partial charge is 0.251 e. The number of fused-ring (bicyclic) bond motifs is 2. The molecule has 0 bridgehead atoms. The van der Waals surface area contributed by atoms with Crippen LogP contribution in [0.1, 0.15) is 33.6 Å². The molecule has 0 radical (unpaired) electrons. The number of nitriles is 1. The van der Waals surface area contributed by atoms with E-state index in [9.17, 15) is 19.6 Å². The molecule has 1 saturated carbocycles. The first kappa shape index (κ1) is 31.9. The van der Waals surface area contributed by atoms with E-state index in [1.807, 2.05) is 49.5 Å². The molecule has 9 nitrogen and oxygen atoms in total. The molecule has 11 heteroatoms. The predicted octanol–water partition coefficient (Wildman–Crippen LogP) is 3.39. The van der Waals surface area contributed by atoms with Gasteiger partial charge in [-0.1, -0.05) is 12.1 Å². The van der Waals surface area contributed by atoms with Gasteiger partial charge in [0.2, 0.25) is 5.91 Å². The van der Waals surface area contributed by atoms with Gasteiger partial charge >= 0.3 is 0 Å². The molecule has 1 fully saturated rings. The maximum atomic E-state index is 13.8. The molecular weight excluding hydrogens is 563 g/mol. The van der Waals surface area contributed by atoms with Gasteiger partial charge < -0.3 is 25.3 Å². The number of para-hydroxylation sites is 2. The van der Waals surface area contributed by atoms with Gasteiger partial charge in [0.05, 0.1) is 41.1 Å². The number of rotatable bonds is 6. The number of nitrogens with one attached hydrogen (secondary N) is 2. The number of amides is 2. The van der Waals surface area contributed by atoms with E-state index in [2.05, 4.69) is 26.5 Å². The maximum absolute atomic E-state index is 13.8. The summed E-state index contributed by atoms with van der Waals surface area (Å²) >= 11 is 0. The van der Waals surface area contributed by atoms with E-state index in [0.717, 1.165) is 29.8 Å². The van der Waals surface area contributed by atoms with Crippen molar-refractivity contribution in [1.29, 1.82) is 5.26 Å². The maximum Gasteiger partial charge on any atom is 0.251 e. The Balaban J connectivity index is 0.00000231. The minimum atomic E-state index is -0.856. The average molecular weight is 600 g/mol. The van der Waals surface area contributed by atoms with Crippen LogP contribution in [0.4, 0.5) is 11.4 Å². The number of hydrogen-bond acceptors (Lipinski definition) is 7. The predicted molar refractivity (Wildman–Crippen MR) is 164 cm³/mol. The van der Waals surface area contributed by atoms with E-state index in [4.69, 9.17) is 0 Å². The molecule has 2 N–H and O–H groups in total. The number of carbonyl (C=O) groups excluding carboxylic acids is 3. The van der Waals surface area contributed by atoms with Crippen LogP contribution in [-0.4, -0.2) is 66.8 Å². The molecule has 5 rings (SSSR count). The van der Waals surface area contributed by atoms with E-state index < -0.39 is 18.1 Å². The van der Waals surface area contributed by atoms with Crippen LogP contribution in [0.3, 0.4) is 0 Å². The Morgan fingerprint density at radius 2 is 1.80 bits per heavy atom. The largest absolute Gasteiger partial charge is 0.364 e. The summed E-state index contributed by atoms with van der Waals surface area (Å²) in [5.41, 5.74) is 4.02. The van der Waals surface area contributed by atoms with Crippen molar-refractivity contribution in [2.75, 3.05) is 23.9 Å². The molecule has 1 unspecified atom stereocenters. The van der Waals surface area contributed by atoms with Crippen molar-refractivity contribution in [1.82, 2.24) is 15.5 Å². The van der Waals surface area contributed by atoms with Gasteiger partial charge in [0.1, 0.15) is 6.04 Å². The summed E-state index contributed by atoms with van der Waals surface area (Å²) in [6.45, 7) is 5.18. The Labute approximate surface area is 253 Å². The van der Waals surface area contributed by atoms with Crippen molar-refractivity contribution in [2.45, 2.75) is 63.8 Å². The van der Waals surface area contributed by atoms with Crippen LogP contribution in [0, 0.1) is 11.3 Å². The average Bonchev–Trinajstić information content (AvgIpc) is 3.79. The summed E-state index contributed by atoms with van der Waals surface area (Å²) in [6, 6.07) is 8.09. The van der Waals surface area contributed by atoms with E-state index in [-0.39, 0.29) is 48.5 Å². The molecule has 1 aromatic carbocycles. The van der Waals surface area contributed by atoms with E-state index in [0.29, 0.717) is 22.9 Å². The number of nitrogens with zero attached hydrogens (tertiary/aromatic N) is 4. The first-order valence-electron chi connectivity index (χ1n) is 13.4. The lowest BCUT2D eigenvalue weighted by atomic mass is 9.83. The standard InChI is InChI=1S/C30H34N6O3.2ClH/c1-17(32-4)29(38)33-28-18(2)36(24-9-7-6-8-23(24)34(5)30(28)39)25-12-13-35(21-10-11-21)26-15-20(16-31)14-22(19(3)37)27(25)26;;/h6-9,12-15,17-18,21,26,28,32H,10-11H2,1-5H3,(H,33,38);2*1H/t17?,18-,26-,28-;;/m0../s1. The molecule has 2 heterocycles. The van der Waals surface area contributed by atoms with Crippen molar-refractivity contribution in [2.24, 2.45) is 0 Å². The molecule has 0 spiro atoms. The highest BCUT2D eigenvalue weighted by Crippen LogP contribution is 2.44. The van der Waals surface area contributed by atoms with Crippen molar-refractivity contribution in [3.05, 3.63) is 71.1 Å².